The quantitative estimate of drug-likeness (QED) is 0.274. The number of rotatable bonds is 11. The minimum absolute atomic E-state index is 0.0712. The molecule has 0 fully saturated rings. The number of aliphatic carboxylic acids is 1. The molecule has 0 bridgehead atoms. The van der Waals surface area contributed by atoms with E-state index in [0.29, 0.717) is 22.6 Å². The Labute approximate surface area is 225 Å². The number of hydrogen-bond donors (Lipinski definition) is 4. The Morgan fingerprint density at radius 1 is 1.08 bits per heavy atom. The van der Waals surface area contributed by atoms with E-state index in [9.17, 15) is 27.9 Å². The van der Waals surface area contributed by atoms with E-state index in [4.69, 9.17) is 11.6 Å². The molecule has 0 unspecified atom stereocenters. The molecule has 0 aliphatic heterocycles. The lowest BCUT2D eigenvalue weighted by Crippen LogP contribution is -2.37. The monoisotopic (exact) mass is 560 g/mol. The van der Waals surface area contributed by atoms with Crippen molar-refractivity contribution in [2.75, 3.05) is 15.8 Å². The highest BCUT2D eigenvalue weighted by Crippen LogP contribution is 2.22. The Kier molecular flexibility index (Phi) is 9.54. The molecule has 10 nitrogen and oxygen atoms in total. The summed E-state index contributed by atoms with van der Waals surface area (Å²) in [5.74, 6) is -1.32. The van der Waals surface area contributed by atoms with E-state index in [2.05, 4.69) is 15.4 Å². The van der Waals surface area contributed by atoms with Crippen molar-refractivity contribution in [1.29, 1.82) is 0 Å². The van der Waals surface area contributed by atoms with Gasteiger partial charge in [-0.2, -0.15) is 0 Å². The number of hydrogen-bond acceptors (Lipinski definition) is 5. The fourth-order valence-corrected chi connectivity index (χ4v) is 5.08. The summed E-state index contributed by atoms with van der Waals surface area (Å²) in [6.07, 6.45) is 1.34. The Hall–Kier alpha value is -3.83. The number of aryl methyl sites for hydroxylation is 1. The van der Waals surface area contributed by atoms with Crippen LogP contribution in [0.25, 0.3) is 0 Å². The van der Waals surface area contributed by atoms with Crippen LogP contribution in [0, 0.1) is 6.92 Å². The van der Waals surface area contributed by atoms with E-state index in [-0.39, 0.29) is 23.7 Å². The van der Waals surface area contributed by atoms with E-state index < -0.39 is 40.0 Å². The summed E-state index contributed by atoms with van der Waals surface area (Å²) in [7, 11) is -3.79. The zero-order valence-corrected chi connectivity index (χ0v) is 22.5. The number of nitrogens with one attached hydrogen (secondary N) is 3. The lowest BCUT2D eigenvalue weighted by Gasteiger charge is -2.20. The predicted molar refractivity (Wildman–Crippen MR) is 147 cm³/mol. The summed E-state index contributed by atoms with van der Waals surface area (Å²) in [5.41, 5.74) is 1.06. The molecular formula is C26H29ClN4O6S. The highest BCUT2D eigenvalue weighted by Gasteiger charge is 2.22. The van der Waals surface area contributed by atoms with Crippen molar-refractivity contribution in [2.24, 2.45) is 0 Å². The van der Waals surface area contributed by atoms with Crippen molar-refractivity contribution in [3.63, 3.8) is 0 Å². The van der Waals surface area contributed by atoms with Gasteiger partial charge in [0.2, 0.25) is 10.0 Å². The van der Waals surface area contributed by atoms with Crippen molar-refractivity contribution in [3.05, 3.63) is 92.9 Å². The number of aromatic nitrogens is 1. The largest absolute Gasteiger partial charge is 0.481 e. The summed E-state index contributed by atoms with van der Waals surface area (Å²) in [6, 6.07) is 13.5. The van der Waals surface area contributed by atoms with Gasteiger partial charge in [-0.3, -0.25) is 14.3 Å². The third-order valence-corrected chi connectivity index (χ3v) is 7.45. The van der Waals surface area contributed by atoms with Gasteiger partial charge < -0.3 is 20.3 Å². The zero-order valence-electron chi connectivity index (χ0n) is 20.9. The first-order valence-electron chi connectivity index (χ1n) is 11.8. The number of sulfonamides is 1. The lowest BCUT2D eigenvalue weighted by atomic mass is 10.0. The van der Waals surface area contributed by atoms with Crippen LogP contribution in [0.4, 0.5) is 16.2 Å². The number of carboxylic acids is 1. The van der Waals surface area contributed by atoms with Crippen molar-refractivity contribution in [3.8, 4) is 0 Å². The average molecular weight is 561 g/mol. The van der Waals surface area contributed by atoms with Gasteiger partial charge >= 0.3 is 12.0 Å². The van der Waals surface area contributed by atoms with Crippen LogP contribution in [0.5, 0.6) is 0 Å². The molecule has 2 aromatic carbocycles. The molecule has 2 amide bonds. The Balaban J connectivity index is 1.96. The number of carbonyl (C=O) groups excluding carboxylic acids is 1. The van der Waals surface area contributed by atoms with Crippen LogP contribution >= 0.6 is 11.6 Å². The fourth-order valence-electron chi connectivity index (χ4n) is 3.74. The number of carboxylic acid groups (broad SMARTS) is 1. The van der Waals surface area contributed by atoms with Gasteiger partial charge in [-0.25, -0.2) is 13.2 Å². The molecule has 0 radical (unpaired) electrons. The molecule has 0 spiro atoms. The number of halogens is 1. The van der Waals surface area contributed by atoms with Gasteiger partial charge in [-0.15, -0.1) is 0 Å². The molecule has 3 aromatic rings. The van der Waals surface area contributed by atoms with Crippen molar-refractivity contribution in [1.82, 2.24) is 9.88 Å². The smallest absolute Gasteiger partial charge is 0.319 e. The first kappa shape index (κ1) is 28.7. The van der Waals surface area contributed by atoms with E-state index in [1.165, 1.54) is 16.8 Å². The van der Waals surface area contributed by atoms with Crippen LogP contribution in [-0.4, -0.2) is 35.8 Å². The fraction of sp³-hybridized carbons (Fsp3) is 0.269. The Morgan fingerprint density at radius 3 is 2.39 bits per heavy atom. The molecule has 4 N–H and O–H groups in total. The van der Waals surface area contributed by atoms with Crippen LogP contribution in [0.2, 0.25) is 5.02 Å². The third-order valence-electron chi connectivity index (χ3n) is 5.60. The molecule has 0 saturated carbocycles. The number of anilines is 2. The molecule has 1 heterocycles. The number of amides is 2. The summed E-state index contributed by atoms with van der Waals surface area (Å²) in [6.45, 7) is 3.64. The van der Waals surface area contributed by atoms with Crippen molar-refractivity contribution in [2.45, 2.75) is 39.3 Å². The standard InChI is InChI=1S/C26H29ClN4O6S/c1-3-14-38(36,37)30-21-12-13-31(16-19-6-4-5-7-20(19)27)25(34)24(21)29-26(35)28-22(15-23(32)33)18-10-8-17(2)9-11-18/h4-13,22,30H,3,14-16H2,1-2H3,(H,32,33)(H2,28,29,35)/t22-/m1/s1. The van der Waals surface area contributed by atoms with Gasteiger partial charge in [0.25, 0.3) is 5.56 Å². The van der Waals surface area contributed by atoms with Gasteiger partial charge in [0.05, 0.1) is 30.4 Å². The second-order valence-electron chi connectivity index (χ2n) is 8.71. The maximum Gasteiger partial charge on any atom is 0.319 e. The molecule has 202 valence electrons. The van der Waals surface area contributed by atoms with E-state index in [1.807, 2.05) is 6.92 Å². The first-order chi connectivity index (χ1) is 18.0. The van der Waals surface area contributed by atoms with Crippen LogP contribution < -0.4 is 20.9 Å². The van der Waals surface area contributed by atoms with Crippen LogP contribution in [0.3, 0.4) is 0 Å². The molecule has 1 atom stereocenters. The van der Waals surface area contributed by atoms with Crippen molar-refractivity contribution >= 4 is 45.0 Å². The number of pyridine rings is 1. The summed E-state index contributed by atoms with van der Waals surface area (Å²) in [4.78, 5) is 37.9. The van der Waals surface area contributed by atoms with Gasteiger partial charge in [0.15, 0.2) is 0 Å². The maximum atomic E-state index is 13.4. The topological polar surface area (TPSA) is 147 Å². The molecule has 0 aliphatic carbocycles. The Morgan fingerprint density at radius 2 is 1.76 bits per heavy atom. The lowest BCUT2D eigenvalue weighted by molar-refractivity contribution is -0.137. The molecule has 12 heteroatoms. The normalized spacial score (nSPS) is 12.0. The summed E-state index contributed by atoms with van der Waals surface area (Å²) in [5, 5.41) is 14.8. The molecule has 1 aromatic heterocycles. The number of urea groups is 1. The second kappa shape index (κ2) is 12.6. The van der Waals surface area contributed by atoms with Crippen LogP contribution in [0.1, 0.15) is 42.5 Å². The number of benzene rings is 2. The third kappa shape index (κ3) is 7.83. The maximum absolute atomic E-state index is 13.4. The summed E-state index contributed by atoms with van der Waals surface area (Å²) >= 11 is 6.24. The van der Waals surface area contributed by atoms with Gasteiger partial charge in [0.1, 0.15) is 5.69 Å². The second-order valence-corrected chi connectivity index (χ2v) is 11.0. The van der Waals surface area contributed by atoms with Crippen LogP contribution in [0.15, 0.2) is 65.6 Å². The number of carbonyl (C=O) groups is 2. The minimum Gasteiger partial charge on any atom is -0.481 e. The van der Waals surface area contributed by atoms with E-state index >= 15 is 0 Å². The molecule has 0 aliphatic rings. The first-order valence-corrected chi connectivity index (χ1v) is 13.8. The van der Waals surface area contributed by atoms with Gasteiger partial charge in [0, 0.05) is 11.2 Å². The molecule has 3 rings (SSSR count). The Bertz CT molecular complexity index is 1470. The van der Waals surface area contributed by atoms with E-state index in [0.717, 1.165) is 5.56 Å². The van der Waals surface area contributed by atoms with E-state index in [1.54, 1.807) is 55.5 Å². The van der Waals surface area contributed by atoms with Crippen LogP contribution in [-0.2, 0) is 21.4 Å². The average Bonchev–Trinajstić information content (AvgIpc) is 2.84. The summed E-state index contributed by atoms with van der Waals surface area (Å²) < 4.78 is 28.5. The highest BCUT2D eigenvalue weighted by molar-refractivity contribution is 7.92. The molecular weight excluding hydrogens is 532 g/mol. The van der Waals surface area contributed by atoms with Gasteiger partial charge in [-0.1, -0.05) is 66.6 Å². The minimum atomic E-state index is -3.79. The highest BCUT2D eigenvalue weighted by atomic mass is 35.5. The van der Waals surface area contributed by atoms with Gasteiger partial charge in [-0.05, 0) is 36.6 Å². The van der Waals surface area contributed by atoms with Crippen molar-refractivity contribution < 1.29 is 23.1 Å². The number of nitrogens with zero attached hydrogens (tertiary/aromatic N) is 1. The molecule has 38 heavy (non-hydrogen) atoms. The SMILES string of the molecule is CCCS(=O)(=O)Nc1ccn(Cc2ccccc2Cl)c(=O)c1NC(=O)N[C@H](CC(=O)O)c1ccc(C)cc1. The molecule has 0 saturated heterocycles. The zero-order chi connectivity index (χ0) is 27.9. The predicted octanol–water partition coefficient (Wildman–Crippen LogP) is 4.35.